The van der Waals surface area contributed by atoms with Gasteiger partial charge in [-0.2, -0.15) is 0 Å². The van der Waals surface area contributed by atoms with Crippen LogP contribution in [-0.4, -0.2) is 17.5 Å². The molecule has 102 valence electrons. The van der Waals surface area contributed by atoms with Crippen LogP contribution in [0.15, 0.2) is 29.3 Å². The van der Waals surface area contributed by atoms with Crippen molar-refractivity contribution in [2.24, 2.45) is 10.4 Å². The predicted octanol–water partition coefficient (Wildman–Crippen LogP) is 3.78. The van der Waals surface area contributed by atoms with Gasteiger partial charge >= 0.3 is 0 Å². The average molecular weight is 274 g/mol. The zero-order valence-corrected chi connectivity index (χ0v) is 12.6. The van der Waals surface area contributed by atoms with E-state index >= 15 is 0 Å². The van der Waals surface area contributed by atoms with E-state index in [0.717, 1.165) is 17.5 Å². The lowest BCUT2D eigenvalue weighted by molar-refractivity contribution is 0.434. The van der Waals surface area contributed by atoms with Crippen LogP contribution in [0.2, 0.25) is 0 Å². The Hall–Kier alpha value is -0.960. The lowest BCUT2D eigenvalue weighted by atomic mass is 9.88. The van der Waals surface area contributed by atoms with E-state index in [4.69, 9.17) is 4.99 Å². The van der Waals surface area contributed by atoms with Gasteiger partial charge in [-0.15, -0.1) is 0 Å². The summed E-state index contributed by atoms with van der Waals surface area (Å²) in [7, 11) is 0. The zero-order chi connectivity index (χ0) is 13.3. The van der Waals surface area contributed by atoms with Gasteiger partial charge in [-0.3, -0.25) is 4.99 Å². The molecule has 0 amide bonds. The Bertz CT molecular complexity index is 493. The number of hydrogen-bond acceptors (Lipinski definition) is 3. The Morgan fingerprint density at radius 2 is 2.16 bits per heavy atom. The maximum absolute atomic E-state index is 4.72. The van der Waals surface area contributed by atoms with Gasteiger partial charge in [0.25, 0.3) is 0 Å². The number of amidine groups is 1. The molecule has 1 unspecified atom stereocenters. The van der Waals surface area contributed by atoms with E-state index in [9.17, 15) is 0 Å². The third-order valence-corrected chi connectivity index (χ3v) is 5.36. The van der Waals surface area contributed by atoms with Gasteiger partial charge in [0, 0.05) is 12.3 Å². The second-order valence-electron chi connectivity index (χ2n) is 6.36. The van der Waals surface area contributed by atoms with Crippen molar-refractivity contribution in [1.29, 1.82) is 0 Å². The molecule has 1 N–H and O–H groups in total. The molecule has 1 aliphatic heterocycles. The highest BCUT2D eigenvalue weighted by Crippen LogP contribution is 2.32. The molecule has 1 aromatic carbocycles. The van der Waals surface area contributed by atoms with Crippen molar-refractivity contribution in [2.45, 2.75) is 39.2 Å². The highest BCUT2D eigenvalue weighted by Gasteiger charge is 2.26. The van der Waals surface area contributed by atoms with Crippen molar-refractivity contribution in [3.8, 4) is 0 Å². The summed E-state index contributed by atoms with van der Waals surface area (Å²) in [5.74, 6) is 1.16. The van der Waals surface area contributed by atoms with E-state index in [1.54, 1.807) is 0 Å². The van der Waals surface area contributed by atoms with Gasteiger partial charge in [0.2, 0.25) is 0 Å². The minimum atomic E-state index is 0.348. The van der Waals surface area contributed by atoms with E-state index in [-0.39, 0.29) is 0 Å². The lowest BCUT2D eigenvalue weighted by Crippen LogP contribution is -2.34. The first-order chi connectivity index (χ1) is 9.14. The Labute approximate surface area is 120 Å². The third kappa shape index (κ3) is 2.97. The van der Waals surface area contributed by atoms with Crippen LogP contribution in [0.4, 0.5) is 0 Å². The SMILES string of the molecule is CC1(C)CN=C(NC2CCCc3ccccc32)SC1. The van der Waals surface area contributed by atoms with Gasteiger partial charge in [-0.05, 0) is 35.8 Å². The average Bonchev–Trinajstić information content (AvgIpc) is 2.42. The van der Waals surface area contributed by atoms with Gasteiger partial charge in [0.05, 0.1) is 6.04 Å². The number of aryl methyl sites for hydroxylation is 1. The highest BCUT2D eigenvalue weighted by molar-refractivity contribution is 8.13. The van der Waals surface area contributed by atoms with E-state index < -0.39 is 0 Å². The quantitative estimate of drug-likeness (QED) is 0.842. The largest absolute Gasteiger partial charge is 0.358 e. The molecule has 0 radical (unpaired) electrons. The first-order valence-corrected chi connectivity index (χ1v) is 8.14. The molecule has 0 bridgehead atoms. The first kappa shape index (κ1) is 13.0. The normalized spacial score (nSPS) is 25.4. The highest BCUT2D eigenvalue weighted by atomic mass is 32.2. The molecule has 0 saturated carbocycles. The summed E-state index contributed by atoms with van der Waals surface area (Å²) in [5, 5.41) is 4.80. The van der Waals surface area contributed by atoms with Gasteiger partial charge in [0.1, 0.15) is 0 Å². The van der Waals surface area contributed by atoms with Crippen LogP contribution in [0.3, 0.4) is 0 Å². The van der Waals surface area contributed by atoms with Crippen molar-refractivity contribution < 1.29 is 0 Å². The van der Waals surface area contributed by atoms with E-state index in [2.05, 4.69) is 43.4 Å². The van der Waals surface area contributed by atoms with Crippen LogP contribution in [0, 0.1) is 5.41 Å². The van der Waals surface area contributed by atoms with Crippen LogP contribution in [0.25, 0.3) is 0 Å². The van der Waals surface area contributed by atoms with Gasteiger partial charge in [0.15, 0.2) is 5.17 Å². The molecule has 1 aromatic rings. The van der Waals surface area contributed by atoms with Crippen molar-refractivity contribution in [2.75, 3.05) is 12.3 Å². The molecule has 3 heteroatoms. The molecular weight excluding hydrogens is 252 g/mol. The minimum absolute atomic E-state index is 0.348. The zero-order valence-electron chi connectivity index (χ0n) is 11.8. The third-order valence-electron chi connectivity index (χ3n) is 3.92. The lowest BCUT2D eigenvalue weighted by Gasteiger charge is -2.31. The molecule has 2 nitrogen and oxygen atoms in total. The summed E-state index contributed by atoms with van der Waals surface area (Å²) in [5.41, 5.74) is 3.33. The molecule has 19 heavy (non-hydrogen) atoms. The van der Waals surface area contributed by atoms with Gasteiger partial charge in [-0.1, -0.05) is 49.9 Å². The molecule has 0 fully saturated rings. The number of benzene rings is 1. The predicted molar refractivity (Wildman–Crippen MR) is 83.8 cm³/mol. The summed E-state index contributed by atoms with van der Waals surface area (Å²) in [6.07, 6.45) is 3.72. The van der Waals surface area contributed by atoms with Crippen molar-refractivity contribution >= 4 is 16.9 Å². The number of nitrogens with zero attached hydrogens (tertiary/aromatic N) is 1. The Balaban J connectivity index is 1.73. The summed E-state index contributed by atoms with van der Waals surface area (Å²) >= 11 is 1.88. The summed E-state index contributed by atoms with van der Waals surface area (Å²) < 4.78 is 0. The molecule has 2 aliphatic rings. The topological polar surface area (TPSA) is 24.4 Å². The standard InChI is InChI=1S/C16H22N2S/c1-16(2)10-17-15(19-11-16)18-14-9-5-7-12-6-3-4-8-13(12)14/h3-4,6,8,14H,5,7,9-11H2,1-2H3,(H,17,18). The van der Waals surface area contributed by atoms with Crippen LogP contribution in [-0.2, 0) is 6.42 Å². The van der Waals surface area contributed by atoms with Gasteiger partial charge < -0.3 is 5.32 Å². The van der Waals surface area contributed by atoms with Crippen molar-refractivity contribution in [1.82, 2.24) is 5.32 Å². The van der Waals surface area contributed by atoms with E-state index in [1.165, 1.54) is 30.4 Å². The molecule has 1 heterocycles. The fourth-order valence-electron chi connectivity index (χ4n) is 2.78. The Kier molecular flexibility index (Phi) is 3.57. The fourth-order valence-corrected chi connectivity index (χ4v) is 3.78. The molecule has 3 rings (SSSR count). The number of hydrogen-bond donors (Lipinski definition) is 1. The van der Waals surface area contributed by atoms with E-state index in [0.29, 0.717) is 11.5 Å². The van der Waals surface area contributed by atoms with Crippen LogP contribution in [0.1, 0.15) is 43.9 Å². The molecule has 1 atom stereocenters. The van der Waals surface area contributed by atoms with Gasteiger partial charge in [-0.25, -0.2) is 0 Å². The molecule has 0 aromatic heterocycles. The second-order valence-corrected chi connectivity index (χ2v) is 7.33. The van der Waals surface area contributed by atoms with Crippen LogP contribution < -0.4 is 5.32 Å². The second kappa shape index (κ2) is 5.20. The number of nitrogens with one attached hydrogen (secondary N) is 1. The minimum Gasteiger partial charge on any atom is -0.358 e. The first-order valence-electron chi connectivity index (χ1n) is 7.16. The number of rotatable bonds is 1. The van der Waals surface area contributed by atoms with Crippen LogP contribution in [0.5, 0.6) is 0 Å². The van der Waals surface area contributed by atoms with Crippen molar-refractivity contribution in [3.05, 3.63) is 35.4 Å². The molecule has 1 aliphatic carbocycles. The fraction of sp³-hybridized carbons (Fsp3) is 0.562. The van der Waals surface area contributed by atoms with Crippen molar-refractivity contribution in [3.63, 3.8) is 0 Å². The maximum Gasteiger partial charge on any atom is 0.157 e. The summed E-state index contributed by atoms with van der Waals surface area (Å²) in [6.45, 7) is 5.52. The number of aliphatic imine (C=N–C) groups is 1. The maximum atomic E-state index is 4.72. The smallest absolute Gasteiger partial charge is 0.157 e. The molecule has 0 spiro atoms. The monoisotopic (exact) mass is 274 g/mol. The number of thioether (sulfide) groups is 1. The Morgan fingerprint density at radius 1 is 1.32 bits per heavy atom. The summed E-state index contributed by atoms with van der Waals surface area (Å²) in [6, 6.07) is 9.29. The van der Waals surface area contributed by atoms with Crippen LogP contribution >= 0.6 is 11.8 Å². The Morgan fingerprint density at radius 3 is 2.95 bits per heavy atom. The number of fused-ring (bicyclic) bond motifs is 1. The van der Waals surface area contributed by atoms with E-state index in [1.807, 2.05) is 11.8 Å². The molecular formula is C16H22N2S. The molecule has 0 saturated heterocycles. The summed E-state index contributed by atoms with van der Waals surface area (Å²) in [4.78, 5) is 4.72.